The predicted molar refractivity (Wildman–Crippen MR) is 121 cm³/mol. The number of ether oxygens (including phenoxy) is 2. The van der Waals surface area contributed by atoms with Gasteiger partial charge in [-0.15, -0.1) is 11.3 Å². The average Bonchev–Trinajstić information content (AvgIpc) is 3.34. The summed E-state index contributed by atoms with van der Waals surface area (Å²) in [6.07, 6.45) is 0.927. The molecule has 2 aromatic heterocycles. The first-order valence-electron chi connectivity index (χ1n) is 9.62. The van der Waals surface area contributed by atoms with Gasteiger partial charge in [-0.2, -0.15) is 0 Å². The first-order valence-corrected chi connectivity index (χ1v) is 10.5. The normalized spacial score (nSPS) is 10.9. The fourth-order valence-electron chi connectivity index (χ4n) is 3.50. The van der Waals surface area contributed by atoms with E-state index in [2.05, 4.69) is 27.4 Å². The fraction of sp³-hybridized carbons (Fsp3) is 0.217. The molecule has 0 radical (unpaired) electrons. The Hall–Kier alpha value is -3.32. The molecule has 0 saturated carbocycles. The number of nitrogens with one attached hydrogen (secondary N) is 2. The number of benzene rings is 2. The van der Waals surface area contributed by atoms with E-state index in [9.17, 15) is 4.79 Å². The molecule has 2 N–H and O–H groups in total. The van der Waals surface area contributed by atoms with Crippen molar-refractivity contribution in [1.29, 1.82) is 0 Å². The monoisotopic (exact) mass is 421 g/mol. The van der Waals surface area contributed by atoms with Crippen LogP contribution in [-0.4, -0.2) is 30.1 Å². The van der Waals surface area contributed by atoms with E-state index in [1.54, 1.807) is 14.2 Å². The van der Waals surface area contributed by atoms with Crippen LogP contribution in [-0.2, 0) is 11.2 Å². The third-order valence-corrected chi connectivity index (χ3v) is 5.71. The smallest absolute Gasteiger partial charge is 0.226 e. The van der Waals surface area contributed by atoms with Gasteiger partial charge in [-0.1, -0.05) is 18.2 Å². The van der Waals surface area contributed by atoms with E-state index in [0.717, 1.165) is 33.4 Å². The first-order chi connectivity index (χ1) is 14.6. The number of hydrogen-bond donors (Lipinski definition) is 2. The lowest BCUT2D eigenvalue weighted by atomic mass is 10.1. The van der Waals surface area contributed by atoms with Crippen LogP contribution >= 0.6 is 11.3 Å². The Bertz CT molecular complexity index is 1170. The molecule has 30 heavy (non-hydrogen) atoms. The molecule has 4 rings (SSSR count). The van der Waals surface area contributed by atoms with E-state index in [-0.39, 0.29) is 5.91 Å². The van der Waals surface area contributed by atoms with E-state index < -0.39 is 0 Å². The van der Waals surface area contributed by atoms with Gasteiger partial charge in [0.2, 0.25) is 5.91 Å². The summed E-state index contributed by atoms with van der Waals surface area (Å²) in [6, 6.07) is 13.8. The van der Waals surface area contributed by atoms with Gasteiger partial charge in [0.05, 0.1) is 19.9 Å². The molecule has 6 nitrogen and oxygen atoms in total. The quantitative estimate of drug-likeness (QED) is 0.431. The SMILES string of the molecule is COc1cc(CCC(=O)Nc2nc(-c3c(C)[nH]c4ccccc34)cs2)cc(OC)c1. The minimum Gasteiger partial charge on any atom is -0.497 e. The Morgan fingerprint density at radius 2 is 1.87 bits per heavy atom. The zero-order valence-corrected chi connectivity index (χ0v) is 17.9. The molecule has 2 aromatic carbocycles. The molecule has 154 valence electrons. The van der Waals surface area contributed by atoms with Crippen LogP contribution in [0, 0.1) is 6.92 Å². The van der Waals surface area contributed by atoms with Crippen LogP contribution in [0.5, 0.6) is 11.5 Å². The fourth-order valence-corrected chi connectivity index (χ4v) is 4.22. The number of methoxy groups -OCH3 is 2. The van der Waals surface area contributed by atoms with E-state index >= 15 is 0 Å². The number of hydrogen-bond acceptors (Lipinski definition) is 5. The summed E-state index contributed by atoms with van der Waals surface area (Å²) in [6.45, 7) is 2.04. The summed E-state index contributed by atoms with van der Waals surface area (Å²) in [5.74, 6) is 1.35. The molecule has 0 aliphatic rings. The second-order valence-electron chi connectivity index (χ2n) is 6.98. The maximum atomic E-state index is 12.5. The van der Waals surface area contributed by atoms with Gasteiger partial charge in [0.15, 0.2) is 5.13 Å². The van der Waals surface area contributed by atoms with Gasteiger partial charge in [0, 0.05) is 40.0 Å². The predicted octanol–water partition coefficient (Wildman–Crippen LogP) is 5.19. The van der Waals surface area contributed by atoms with Crippen LogP contribution in [0.1, 0.15) is 17.7 Å². The van der Waals surface area contributed by atoms with Crippen LogP contribution in [0.25, 0.3) is 22.2 Å². The molecular formula is C23H23N3O3S. The van der Waals surface area contributed by atoms with Crippen molar-refractivity contribution in [2.45, 2.75) is 19.8 Å². The van der Waals surface area contributed by atoms with Gasteiger partial charge in [-0.05, 0) is 37.1 Å². The minimum atomic E-state index is -0.0756. The maximum absolute atomic E-state index is 12.5. The van der Waals surface area contributed by atoms with Crippen molar-refractivity contribution in [3.05, 3.63) is 59.1 Å². The summed E-state index contributed by atoms with van der Waals surface area (Å²) in [7, 11) is 3.22. The van der Waals surface area contributed by atoms with Crippen LogP contribution in [0.4, 0.5) is 5.13 Å². The molecule has 0 atom stereocenters. The van der Waals surface area contributed by atoms with Gasteiger partial charge < -0.3 is 19.8 Å². The summed E-state index contributed by atoms with van der Waals surface area (Å²) in [4.78, 5) is 20.5. The Morgan fingerprint density at radius 1 is 1.13 bits per heavy atom. The molecule has 0 aliphatic heterocycles. The molecule has 0 spiro atoms. The summed E-state index contributed by atoms with van der Waals surface area (Å²) >= 11 is 1.43. The highest BCUT2D eigenvalue weighted by Crippen LogP contribution is 2.34. The number of H-pyrrole nitrogens is 1. The Labute approximate surface area is 178 Å². The number of thiazole rings is 1. The Balaban J connectivity index is 1.44. The zero-order valence-electron chi connectivity index (χ0n) is 17.1. The van der Waals surface area contributed by atoms with Crippen LogP contribution in [0.2, 0.25) is 0 Å². The molecule has 0 unspecified atom stereocenters. The third kappa shape index (κ3) is 4.16. The lowest BCUT2D eigenvalue weighted by Gasteiger charge is -2.08. The van der Waals surface area contributed by atoms with Crippen LogP contribution in [0.3, 0.4) is 0 Å². The highest BCUT2D eigenvalue weighted by Gasteiger charge is 2.14. The van der Waals surface area contributed by atoms with Crippen LogP contribution < -0.4 is 14.8 Å². The molecule has 7 heteroatoms. The van der Waals surface area contributed by atoms with Gasteiger partial charge in [-0.25, -0.2) is 4.98 Å². The standard InChI is InChI=1S/C23H23N3O3S/c1-14-22(18-6-4-5-7-19(18)24-14)20-13-30-23(25-20)26-21(27)9-8-15-10-16(28-2)12-17(11-15)29-3/h4-7,10-13,24H,8-9H2,1-3H3,(H,25,26,27). The van der Waals surface area contributed by atoms with Gasteiger partial charge in [0.25, 0.3) is 0 Å². The number of carbonyl (C=O) groups is 1. The number of rotatable bonds is 7. The van der Waals surface area contributed by atoms with Crippen LogP contribution in [0.15, 0.2) is 47.8 Å². The summed E-state index contributed by atoms with van der Waals surface area (Å²) in [5, 5.41) is 6.62. The second-order valence-corrected chi connectivity index (χ2v) is 7.84. The van der Waals surface area contributed by atoms with E-state index in [4.69, 9.17) is 9.47 Å². The summed E-state index contributed by atoms with van der Waals surface area (Å²) < 4.78 is 10.6. The average molecular weight is 422 g/mol. The van der Waals surface area contributed by atoms with Gasteiger partial charge in [-0.3, -0.25) is 4.79 Å². The molecule has 0 saturated heterocycles. The third-order valence-electron chi connectivity index (χ3n) is 4.95. The first kappa shape index (κ1) is 20.0. The molecule has 0 bridgehead atoms. The minimum absolute atomic E-state index is 0.0756. The number of para-hydroxylation sites is 1. The Kier molecular flexibility index (Phi) is 5.72. The molecule has 2 heterocycles. The number of aromatic nitrogens is 2. The number of amides is 1. The van der Waals surface area contributed by atoms with Gasteiger partial charge in [0.1, 0.15) is 11.5 Å². The number of nitrogens with zero attached hydrogens (tertiary/aromatic N) is 1. The maximum Gasteiger partial charge on any atom is 0.226 e. The van der Waals surface area contributed by atoms with Crippen molar-refractivity contribution >= 4 is 33.3 Å². The largest absolute Gasteiger partial charge is 0.497 e. The van der Waals surface area contributed by atoms with Crippen molar-refractivity contribution in [2.75, 3.05) is 19.5 Å². The number of aryl methyl sites for hydroxylation is 2. The number of anilines is 1. The Morgan fingerprint density at radius 3 is 2.60 bits per heavy atom. The molecule has 1 amide bonds. The second kappa shape index (κ2) is 8.59. The molecule has 4 aromatic rings. The van der Waals surface area contributed by atoms with E-state index in [1.165, 1.54) is 11.3 Å². The topological polar surface area (TPSA) is 76.2 Å². The number of carbonyl (C=O) groups excluding carboxylic acids is 1. The molecule has 0 fully saturated rings. The lowest BCUT2D eigenvalue weighted by molar-refractivity contribution is -0.116. The highest BCUT2D eigenvalue weighted by atomic mass is 32.1. The zero-order chi connectivity index (χ0) is 21.1. The molecular weight excluding hydrogens is 398 g/mol. The van der Waals surface area contributed by atoms with E-state index in [0.29, 0.717) is 29.5 Å². The van der Waals surface area contributed by atoms with Crippen molar-refractivity contribution < 1.29 is 14.3 Å². The van der Waals surface area contributed by atoms with Crippen molar-refractivity contribution in [3.63, 3.8) is 0 Å². The van der Waals surface area contributed by atoms with Crippen molar-refractivity contribution in [3.8, 4) is 22.8 Å². The highest BCUT2D eigenvalue weighted by molar-refractivity contribution is 7.14. The lowest BCUT2D eigenvalue weighted by Crippen LogP contribution is -2.12. The van der Waals surface area contributed by atoms with E-state index in [1.807, 2.05) is 42.6 Å². The van der Waals surface area contributed by atoms with Crippen molar-refractivity contribution in [2.24, 2.45) is 0 Å². The van der Waals surface area contributed by atoms with Crippen molar-refractivity contribution in [1.82, 2.24) is 9.97 Å². The number of aromatic amines is 1. The van der Waals surface area contributed by atoms with Gasteiger partial charge >= 0.3 is 0 Å². The number of fused-ring (bicyclic) bond motifs is 1. The summed E-state index contributed by atoms with van der Waals surface area (Å²) in [5.41, 5.74) is 5.06. The molecule has 0 aliphatic carbocycles.